The largest absolute Gasteiger partial charge is 0.477 e. The molecule has 0 spiro atoms. The number of aliphatic hydroxyl groups is 1. The highest BCUT2D eigenvalue weighted by molar-refractivity contribution is 5.76. The van der Waals surface area contributed by atoms with Crippen LogP contribution >= 0.6 is 0 Å². The van der Waals surface area contributed by atoms with E-state index < -0.39 is 17.2 Å². The number of hydrogen-bond donors (Lipinski definition) is 2. The van der Waals surface area contributed by atoms with E-state index in [1.54, 1.807) is 20.8 Å². The zero-order valence-corrected chi connectivity index (χ0v) is 8.63. The molecule has 4 nitrogen and oxygen atoms in total. The molecule has 0 fully saturated rings. The topological polar surface area (TPSA) is 66.8 Å². The zero-order valence-electron chi connectivity index (χ0n) is 8.63. The first-order valence-corrected chi connectivity index (χ1v) is 4.35. The van der Waals surface area contributed by atoms with Gasteiger partial charge in [0.25, 0.3) is 5.79 Å². The molecule has 1 atom stereocenters. The van der Waals surface area contributed by atoms with Crippen LogP contribution in [0, 0.1) is 5.41 Å². The van der Waals surface area contributed by atoms with Crippen LogP contribution in [-0.4, -0.2) is 28.6 Å². The Labute approximate surface area is 78.5 Å². The van der Waals surface area contributed by atoms with Crippen molar-refractivity contribution in [3.63, 3.8) is 0 Å². The molecule has 0 aliphatic carbocycles. The van der Waals surface area contributed by atoms with E-state index in [9.17, 15) is 9.90 Å². The first-order valence-electron chi connectivity index (χ1n) is 4.35. The summed E-state index contributed by atoms with van der Waals surface area (Å²) in [7, 11) is 0. The van der Waals surface area contributed by atoms with Crippen LogP contribution in [0.2, 0.25) is 0 Å². The Balaban J connectivity index is 4.64. The molecule has 0 aliphatic heterocycles. The fourth-order valence-corrected chi connectivity index (χ4v) is 0.849. The Bertz CT molecular complexity index is 183. The van der Waals surface area contributed by atoms with Crippen LogP contribution in [0.1, 0.15) is 34.1 Å². The Morgan fingerprint density at radius 3 is 2.08 bits per heavy atom. The second-order valence-corrected chi connectivity index (χ2v) is 4.05. The van der Waals surface area contributed by atoms with Gasteiger partial charge in [-0.15, -0.1) is 0 Å². The molecule has 4 heteroatoms. The molecule has 0 saturated heterocycles. The first-order chi connectivity index (χ1) is 5.75. The number of aliphatic carboxylic acids is 1. The lowest BCUT2D eigenvalue weighted by Gasteiger charge is -2.35. The highest BCUT2D eigenvalue weighted by Gasteiger charge is 2.48. The third-order valence-electron chi connectivity index (χ3n) is 1.82. The fourth-order valence-electron chi connectivity index (χ4n) is 0.849. The summed E-state index contributed by atoms with van der Waals surface area (Å²) in [5.74, 6) is -3.43. The van der Waals surface area contributed by atoms with E-state index in [0.29, 0.717) is 6.42 Å². The summed E-state index contributed by atoms with van der Waals surface area (Å²) in [6, 6.07) is 0. The van der Waals surface area contributed by atoms with Gasteiger partial charge in [0.1, 0.15) is 0 Å². The van der Waals surface area contributed by atoms with Crippen molar-refractivity contribution >= 4 is 5.97 Å². The van der Waals surface area contributed by atoms with Gasteiger partial charge in [-0.05, 0) is 6.42 Å². The van der Waals surface area contributed by atoms with Crippen LogP contribution in [0.15, 0.2) is 0 Å². The van der Waals surface area contributed by atoms with Crippen LogP contribution in [0.4, 0.5) is 0 Å². The minimum atomic E-state index is -2.09. The molecule has 0 aromatic heterocycles. The monoisotopic (exact) mass is 190 g/mol. The van der Waals surface area contributed by atoms with Crippen LogP contribution in [0.25, 0.3) is 0 Å². The Hall–Kier alpha value is -0.610. The van der Waals surface area contributed by atoms with Gasteiger partial charge in [0.05, 0.1) is 6.61 Å². The molecule has 0 amide bonds. The van der Waals surface area contributed by atoms with E-state index in [1.807, 2.05) is 6.92 Å². The second kappa shape index (κ2) is 4.07. The average Bonchev–Trinajstić information content (AvgIpc) is 1.97. The Morgan fingerprint density at radius 2 is 1.85 bits per heavy atom. The predicted octanol–water partition coefficient (Wildman–Crippen LogP) is 1.23. The zero-order chi connectivity index (χ0) is 10.7. The summed E-state index contributed by atoms with van der Waals surface area (Å²) >= 11 is 0. The van der Waals surface area contributed by atoms with Gasteiger partial charge in [0.15, 0.2) is 0 Å². The summed E-state index contributed by atoms with van der Waals surface area (Å²) in [6.45, 7) is 6.95. The van der Waals surface area contributed by atoms with E-state index in [2.05, 4.69) is 0 Å². The summed E-state index contributed by atoms with van der Waals surface area (Å²) in [4.78, 5) is 10.8. The maximum absolute atomic E-state index is 10.8. The normalized spacial score (nSPS) is 16.7. The third kappa shape index (κ3) is 2.67. The van der Waals surface area contributed by atoms with E-state index in [-0.39, 0.29) is 6.61 Å². The molecule has 0 bridgehead atoms. The maximum atomic E-state index is 10.8. The molecule has 0 aromatic carbocycles. The minimum Gasteiger partial charge on any atom is -0.477 e. The first kappa shape index (κ1) is 12.4. The lowest BCUT2D eigenvalue weighted by Crippen LogP contribution is -2.52. The van der Waals surface area contributed by atoms with Crippen LogP contribution in [-0.2, 0) is 9.53 Å². The standard InChI is InChI=1S/C9H18O4/c1-5-6-13-9(12,7(10)11)8(2,3)4/h12H,5-6H2,1-4H3,(H,10,11). The highest BCUT2D eigenvalue weighted by Crippen LogP contribution is 2.31. The fraction of sp³-hybridized carbons (Fsp3) is 0.889. The molecule has 0 heterocycles. The molecule has 0 aromatic rings. The van der Waals surface area contributed by atoms with Crippen molar-refractivity contribution in [2.45, 2.75) is 39.9 Å². The molecule has 0 aliphatic rings. The number of carboxylic acids is 1. The summed E-state index contributed by atoms with van der Waals surface area (Å²) in [6.07, 6.45) is 0.672. The van der Waals surface area contributed by atoms with Crippen molar-refractivity contribution in [2.75, 3.05) is 6.61 Å². The van der Waals surface area contributed by atoms with Gasteiger partial charge in [-0.1, -0.05) is 27.7 Å². The van der Waals surface area contributed by atoms with Gasteiger partial charge in [-0.2, -0.15) is 0 Å². The summed E-state index contributed by atoms with van der Waals surface area (Å²) in [5, 5.41) is 18.6. The van der Waals surface area contributed by atoms with Gasteiger partial charge >= 0.3 is 5.97 Å². The Morgan fingerprint density at radius 1 is 1.38 bits per heavy atom. The van der Waals surface area contributed by atoms with Crippen molar-refractivity contribution in [1.29, 1.82) is 0 Å². The van der Waals surface area contributed by atoms with E-state index in [0.717, 1.165) is 0 Å². The lowest BCUT2D eigenvalue weighted by molar-refractivity contribution is -0.261. The lowest BCUT2D eigenvalue weighted by atomic mass is 9.85. The van der Waals surface area contributed by atoms with Crippen molar-refractivity contribution < 1.29 is 19.7 Å². The van der Waals surface area contributed by atoms with Gasteiger partial charge in [-0.25, -0.2) is 4.79 Å². The van der Waals surface area contributed by atoms with Crippen molar-refractivity contribution in [3.8, 4) is 0 Å². The van der Waals surface area contributed by atoms with E-state index in [4.69, 9.17) is 9.84 Å². The van der Waals surface area contributed by atoms with Gasteiger partial charge in [-0.3, -0.25) is 0 Å². The van der Waals surface area contributed by atoms with Crippen molar-refractivity contribution in [3.05, 3.63) is 0 Å². The highest BCUT2D eigenvalue weighted by atomic mass is 16.6. The molecule has 78 valence electrons. The number of rotatable bonds is 4. The van der Waals surface area contributed by atoms with Gasteiger partial charge < -0.3 is 14.9 Å². The van der Waals surface area contributed by atoms with Gasteiger partial charge in [0.2, 0.25) is 0 Å². The van der Waals surface area contributed by atoms with Gasteiger partial charge in [0, 0.05) is 5.41 Å². The molecular formula is C9H18O4. The molecule has 1 unspecified atom stereocenters. The predicted molar refractivity (Wildman–Crippen MR) is 48.3 cm³/mol. The third-order valence-corrected chi connectivity index (χ3v) is 1.82. The second-order valence-electron chi connectivity index (χ2n) is 4.05. The average molecular weight is 190 g/mol. The smallest absolute Gasteiger partial charge is 0.364 e. The van der Waals surface area contributed by atoms with Crippen molar-refractivity contribution in [1.82, 2.24) is 0 Å². The number of hydrogen-bond acceptors (Lipinski definition) is 3. The van der Waals surface area contributed by atoms with Crippen LogP contribution in [0.5, 0.6) is 0 Å². The molecule has 2 N–H and O–H groups in total. The molecule has 0 saturated carbocycles. The molecular weight excluding hydrogens is 172 g/mol. The summed E-state index contributed by atoms with van der Waals surface area (Å²) < 4.78 is 4.96. The number of carboxylic acid groups (broad SMARTS) is 1. The van der Waals surface area contributed by atoms with E-state index in [1.165, 1.54) is 0 Å². The molecule has 0 radical (unpaired) electrons. The molecule has 13 heavy (non-hydrogen) atoms. The SMILES string of the molecule is CCCOC(O)(C(=O)O)C(C)(C)C. The number of carbonyl (C=O) groups is 1. The number of ether oxygens (including phenoxy) is 1. The van der Waals surface area contributed by atoms with Crippen LogP contribution in [0.3, 0.4) is 0 Å². The maximum Gasteiger partial charge on any atom is 0.364 e. The quantitative estimate of drug-likeness (QED) is 0.654. The summed E-state index contributed by atoms with van der Waals surface area (Å²) in [5.41, 5.74) is -0.839. The molecule has 0 rings (SSSR count). The Kier molecular flexibility index (Phi) is 3.88. The van der Waals surface area contributed by atoms with E-state index >= 15 is 0 Å². The van der Waals surface area contributed by atoms with Crippen molar-refractivity contribution in [2.24, 2.45) is 5.41 Å². The minimum absolute atomic E-state index is 0.236. The van der Waals surface area contributed by atoms with Crippen LogP contribution < -0.4 is 0 Å².